The minimum absolute atomic E-state index is 0.0785. The third-order valence-corrected chi connectivity index (χ3v) is 6.54. The lowest BCUT2D eigenvalue weighted by molar-refractivity contribution is 0.101. The smallest absolute Gasteiger partial charge is 0.261 e. The molecule has 0 aliphatic rings. The molecule has 4 aromatic rings. The highest BCUT2D eigenvalue weighted by Crippen LogP contribution is 2.23. The molecule has 8 nitrogen and oxygen atoms in total. The fourth-order valence-electron chi connectivity index (χ4n) is 3.33. The highest BCUT2D eigenvalue weighted by molar-refractivity contribution is 7.92. The zero-order valence-electron chi connectivity index (χ0n) is 19.5. The van der Waals surface area contributed by atoms with Crippen molar-refractivity contribution in [2.24, 2.45) is 0 Å². The van der Waals surface area contributed by atoms with E-state index in [2.05, 4.69) is 25.3 Å². The molecule has 0 spiro atoms. The molecule has 35 heavy (non-hydrogen) atoms. The van der Waals surface area contributed by atoms with Gasteiger partial charge in [0.15, 0.2) is 5.78 Å². The van der Waals surface area contributed by atoms with Crippen LogP contribution in [0, 0.1) is 13.8 Å². The molecule has 0 atom stereocenters. The van der Waals surface area contributed by atoms with Crippen molar-refractivity contribution in [2.45, 2.75) is 25.7 Å². The minimum Gasteiger partial charge on any atom is -0.340 e. The Morgan fingerprint density at radius 2 is 1.20 bits per heavy atom. The van der Waals surface area contributed by atoms with Gasteiger partial charge >= 0.3 is 0 Å². The van der Waals surface area contributed by atoms with Crippen LogP contribution in [0.5, 0.6) is 0 Å². The summed E-state index contributed by atoms with van der Waals surface area (Å²) in [5.74, 6) is 1.74. The molecule has 0 amide bonds. The summed E-state index contributed by atoms with van der Waals surface area (Å²) in [4.78, 5) is 20.3. The maximum Gasteiger partial charge on any atom is 0.261 e. The lowest BCUT2D eigenvalue weighted by atomic mass is 10.2. The fraction of sp³-hybridized carbons (Fsp3) is 0.115. The van der Waals surface area contributed by atoms with Crippen LogP contribution < -0.4 is 15.4 Å². The monoisotopic (exact) mass is 487 g/mol. The van der Waals surface area contributed by atoms with E-state index in [0.717, 1.165) is 11.4 Å². The number of rotatable bonds is 8. The second-order valence-electron chi connectivity index (χ2n) is 8.07. The van der Waals surface area contributed by atoms with E-state index < -0.39 is 10.0 Å². The van der Waals surface area contributed by atoms with E-state index in [0.29, 0.717) is 28.7 Å². The van der Waals surface area contributed by atoms with E-state index in [9.17, 15) is 13.2 Å². The molecule has 0 saturated heterocycles. The fourth-order valence-corrected chi connectivity index (χ4v) is 4.39. The van der Waals surface area contributed by atoms with E-state index in [1.165, 1.54) is 36.8 Å². The summed E-state index contributed by atoms with van der Waals surface area (Å²) >= 11 is 0. The summed E-state index contributed by atoms with van der Waals surface area (Å²) in [6.45, 7) is 5.28. The van der Waals surface area contributed by atoms with Gasteiger partial charge in [-0.05, 0) is 69.3 Å². The van der Waals surface area contributed by atoms with Crippen molar-refractivity contribution in [2.75, 3.05) is 15.4 Å². The Hall–Kier alpha value is -4.24. The van der Waals surface area contributed by atoms with Crippen LogP contribution in [0.1, 0.15) is 28.7 Å². The van der Waals surface area contributed by atoms with Crippen LogP contribution in [0.2, 0.25) is 0 Å². The molecule has 0 aliphatic heterocycles. The normalized spacial score (nSPS) is 11.1. The standard InChI is InChI=1S/C26H25N5O3S/c1-17-4-8-21(9-5-17)29-25-16-26(28-19(3)27-25)30-22-10-12-23(13-11-22)31-35(33,34)24-14-6-20(7-15-24)18(2)32/h4-16,31H,1-3H3,(H2,27,28,29,30). The molecule has 0 saturated carbocycles. The van der Waals surface area contributed by atoms with Gasteiger partial charge in [0.25, 0.3) is 10.0 Å². The number of sulfonamides is 1. The Labute approximate surface area is 204 Å². The lowest BCUT2D eigenvalue weighted by Crippen LogP contribution is -2.13. The molecule has 3 aromatic carbocycles. The number of nitrogens with one attached hydrogen (secondary N) is 3. The maximum atomic E-state index is 12.7. The van der Waals surface area contributed by atoms with Crippen LogP contribution in [-0.2, 0) is 10.0 Å². The van der Waals surface area contributed by atoms with Gasteiger partial charge in [0.05, 0.1) is 4.90 Å². The van der Waals surface area contributed by atoms with Gasteiger partial charge in [-0.15, -0.1) is 0 Å². The van der Waals surface area contributed by atoms with Crippen LogP contribution in [0.4, 0.5) is 28.7 Å². The number of Topliss-reactive ketones (excluding diaryl/α,β-unsaturated/α-hetero) is 1. The van der Waals surface area contributed by atoms with Crippen molar-refractivity contribution in [1.29, 1.82) is 0 Å². The van der Waals surface area contributed by atoms with Crippen molar-refractivity contribution < 1.29 is 13.2 Å². The van der Waals surface area contributed by atoms with Crippen LogP contribution in [0.25, 0.3) is 0 Å². The maximum absolute atomic E-state index is 12.7. The second kappa shape index (κ2) is 9.94. The molecule has 1 aromatic heterocycles. The highest BCUT2D eigenvalue weighted by Gasteiger charge is 2.14. The quantitative estimate of drug-likeness (QED) is 0.278. The van der Waals surface area contributed by atoms with Crippen LogP contribution >= 0.6 is 0 Å². The number of anilines is 5. The molecule has 0 aliphatic carbocycles. The number of hydrogen-bond acceptors (Lipinski definition) is 7. The summed E-state index contributed by atoms with van der Waals surface area (Å²) < 4.78 is 27.9. The molecule has 0 bridgehead atoms. The van der Waals surface area contributed by atoms with E-state index in [-0.39, 0.29) is 10.7 Å². The molecular weight excluding hydrogens is 462 g/mol. The Morgan fingerprint density at radius 1 is 0.714 bits per heavy atom. The van der Waals surface area contributed by atoms with Crippen LogP contribution in [-0.4, -0.2) is 24.2 Å². The molecule has 9 heteroatoms. The third kappa shape index (κ3) is 6.21. The number of hydrogen-bond donors (Lipinski definition) is 3. The Balaban J connectivity index is 1.45. The van der Waals surface area contributed by atoms with Gasteiger partial charge in [0, 0.05) is 28.7 Å². The lowest BCUT2D eigenvalue weighted by Gasteiger charge is -2.12. The average Bonchev–Trinajstić information content (AvgIpc) is 2.81. The SMILES string of the molecule is CC(=O)c1ccc(S(=O)(=O)Nc2ccc(Nc3cc(Nc4ccc(C)cc4)nc(C)n3)cc2)cc1. The molecule has 178 valence electrons. The Morgan fingerprint density at radius 3 is 1.71 bits per heavy atom. The van der Waals surface area contributed by atoms with Crippen LogP contribution in [0.3, 0.4) is 0 Å². The summed E-state index contributed by atoms with van der Waals surface area (Å²) in [6, 6.07) is 22.4. The van der Waals surface area contributed by atoms with E-state index in [4.69, 9.17) is 0 Å². The first kappa shape index (κ1) is 23.9. The van der Waals surface area contributed by atoms with Gasteiger partial charge < -0.3 is 10.6 Å². The first-order valence-electron chi connectivity index (χ1n) is 10.9. The summed E-state index contributed by atoms with van der Waals surface area (Å²) in [5, 5.41) is 6.49. The van der Waals surface area contributed by atoms with Crippen molar-refractivity contribution in [1.82, 2.24) is 9.97 Å². The molecule has 0 radical (unpaired) electrons. The van der Waals surface area contributed by atoms with Crippen molar-refractivity contribution in [3.8, 4) is 0 Å². The van der Waals surface area contributed by atoms with Crippen molar-refractivity contribution in [3.05, 3.63) is 95.8 Å². The number of carbonyl (C=O) groups is 1. The van der Waals surface area contributed by atoms with Gasteiger partial charge in [-0.1, -0.05) is 29.8 Å². The largest absolute Gasteiger partial charge is 0.340 e. The number of nitrogens with zero attached hydrogens (tertiary/aromatic N) is 2. The Bertz CT molecular complexity index is 1450. The van der Waals surface area contributed by atoms with Gasteiger partial charge in [-0.3, -0.25) is 9.52 Å². The van der Waals surface area contributed by atoms with E-state index >= 15 is 0 Å². The zero-order chi connectivity index (χ0) is 25.0. The number of ketones is 1. The van der Waals surface area contributed by atoms with E-state index in [1.807, 2.05) is 38.1 Å². The number of aromatic nitrogens is 2. The highest BCUT2D eigenvalue weighted by atomic mass is 32.2. The van der Waals surface area contributed by atoms with E-state index in [1.54, 1.807) is 30.3 Å². The van der Waals surface area contributed by atoms with Gasteiger partial charge in [-0.25, -0.2) is 18.4 Å². The minimum atomic E-state index is -3.78. The van der Waals surface area contributed by atoms with Crippen molar-refractivity contribution in [3.63, 3.8) is 0 Å². The molecular formula is C26H25N5O3S. The summed E-state index contributed by atoms with van der Waals surface area (Å²) in [7, 11) is -3.78. The average molecular weight is 488 g/mol. The molecule has 3 N–H and O–H groups in total. The van der Waals surface area contributed by atoms with Gasteiger partial charge in [-0.2, -0.15) is 0 Å². The molecule has 0 fully saturated rings. The number of carbonyl (C=O) groups excluding carboxylic acids is 1. The first-order chi connectivity index (χ1) is 16.7. The summed E-state index contributed by atoms with van der Waals surface area (Å²) in [6.07, 6.45) is 0. The summed E-state index contributed by atoms with van der Waals surface area (Å²) in [5.41, 5.74) is 3.70. The second-order valence-corrected chi connectivity index (χ2v) is 9.75. The van der Waals surface area contributed by atoms with Gasteiger partial charge in [0.1, 0.15) is 17.5 Å². The zero-order valence-corrected chi connectivity index (χ0v) is 20.3. The van der Waals surface area contributed by atoms with Crippen LogP contribution in [0.15, 0.2) is 83.8 Å². The van der Waals surface area contributed by atoms with Gasteiger partial charge in [0.2, 0.25) is 0 Å². The van der Waals surface area contributed by atoms with Crippen molar-refractivity contribution >= 4 is 44.5 Å². The predicted octanol–water partition coefficient (Wildman–Crippen LogP) is 5.58. The Kier molecular flexibility index (Phi) is 6.79. The topological polar surface area (TPSA) is 113 Å². The predicted molar refractivity (Wildman–Crippen MR) is 138 cm³/mol. The molecule has 1 heterocycles. The number of benzene rings is 3. The number of aryl methyl sites for hydroxylation is 2. The molecule has 0 unspecified atom stereocenters. The third-order valence-electron chi connectivity index (χ3n) is 5.14. The molecule has 4 rings (SSSR count). The first-order valence-corrected chi connectivity index (χ1v) is 12.4.